The Kier molecular flexibility index (Phi) is 4.84. The van der Waals surface area contributed by atoms with E-state index in [1.54, 1.807) is 0 Å². The molecule has 0 bridgehead atoms. The third-order valence-corrected chi connectivity index (χ3v) is 4.09. The predicted molar refractivity (Wildman–Crippen MR) is 69.9 cm³/mol. The number of carbonyl (C=O) groups excluding carboxylic acids is 1. The molecule has 2 aliphatic rings. The van der Waals surface area contributed by atoms with Crippen molar-refractivity contribution >= 4 is 5.91 Å². The van der Waals surface area contributed by atoms with E-state index in [2.05, 4.69) is 16.7 Å². The quantitative estimate of drug-likeness (QED) is 0.752. The highest BCUT2D eigenvalue weighted by Gasteiger charge is 2.19. The van der Waals surface area contributed by atoms with Crippen LogP contribution in [0.5, 0.6) is 0 Å². The van der Waals surface area contributed by atoms with Gasteiger partial charge in [-0.15, -0.1) is 0 Å². The van der Waals surface area contributed by atoms with Gasteiger partial charge in [0.15, 0.2) is 0 Å². The van der Waals surface area contributed by atoms with Gasteiger partial charge < -0.3 is 9.80 Å². The van der Waals surface area contributed by atoms with E-state index >= 15 is 0 Å². The molecule has 2 fully saturated rings. The molecule has 0 aromatic heterocycles. The first kappa shape index (κ1) is 12.9. The number of hydrogen-bond acceptors (Lipinski definition) is 2. The van der Waals surface area contributed by atoms with Crippen molar-refractivity contribution in [2.45, 2.75) is 45.4 Å². The molecule has 1 atom stereocenters. The van der Waals surface area contributed by atoms with Crippen LogP contribution in [0.3, 0.4) is 0 Å². The Morgan fingerprint density at radius 3 is 2.59 bits per heavy atom. The number of rotatable bonds is 3. The molecule has 2 heterocycles. The summed E-state index contributed by atoms with van der Waals surface area (Å²) in [6.07, 6.45) is 7.09. The van der Waals surface area contributed by atoms with E-state index in [1.807, 2.05) is 0 Å². The fourth-order valence-electron chi connectivity index (χ4n) is 3.04. The van der Waals surface area contributed by atoms with Crippen molar-refractivity contribution in [3.05, 3.63) is 0 Å². The van der Waals surface area contributed by atoms with Gasteiger partial charge >= 0.3 is 0 Å². The molecule has 1 unspecified atom stereocenters. The van der Waals surface area contributed by atoms with Crippen LogP contribution in [0.2, 0.25) is 0 Å². The zero-order valence-corrected chi connectivity index (χ0v) is 11.2. The summed E-state index contributed by atoms with van der Waals surface area (Å²) in [5.41, 5.74) is 0. The smallest absolute Gasteiger partial charge is 0.223 e. The second-order valence-corrected chi connectivity index (χ2v) is 5.74. The van der Waals surface area contributed by atoms with Crippen molar-refractivity contribution in [1.82, 2.24) is 9.80 Å². The Morgan fingerprint density at radius 1 is 1.12 bits per heavy atom. The summed E-state index contributed by atoms with van der Waals surface area (Å²) in [7, 11) is 0. The largest absolute Gasteiger partial charge is 0.343 e. The maximum Gasteiger partial charge on any atom is 0.223 e. The minimum Gasteiger partial charge on any atom is -0.343 e. The van der Waals surface area contributed by atoms with Gasteiger partial charge in [0.2, 0.25) is 5.91 Å². The summed E-state index contributed by atoms with van der Waals surface area (Å²) in [5.74, 6) is 1.19. The second-order valence-electron chi connectivity index (χ2n) is 5.74. The lowest BCUT2D eigenvalue weighted by Crippen LogP contribution is -2.40. The third kappa shape index (κ3) is 3.98. The molecule has 0 aromatic carbocycles. The van der Waals surface area contributed by atoms with Crippen LogP contribution < -0.4 is 0 Å². The molecule has 98 valence electrons. The van der Waals surface area contributed by atoms with Crippen LogP contribution in [-0.2, 0) is 4.79 Å². The highest BCUT2D eigenvalue weighted by molar-refractivity contribution is 5.76. The highest BCUT2D eigenvalue weighted by Crippen LogP contribution is 2.16. The van der Waals surface area contributed by atoms with Gasteiger partial charge in [-0.05, 0) is 44.6 Å². The molecule has 0 radical (unpaired) electrons. The minimum atomic E-state index is 0.378. The third-order valence-electron chi connectivity index (χ3n) is 4.09. The Balaban J connectivity index is 1.68. The normalized spacial score (nSPS) is 27.1. The molecule has 2 aliphatic heterocycles. The van der Waals surface area contributed by atoms with Gasteiger partial charge in [0.1, 0.15) is 0 Å². The number of carbonyl (C=O) groups is 1. The second kappa shape index (κ2) is 6.39. The van der Waals surface area contributed by atoms with Crippen LogP contribution in [0.1, 0.15) is 45.4 Å². The number of nitrogens with zero attached hydrogens (tertiary/aromatic N) is 2. The summed E-state index contributed by atoms with van der Waals surface area (Å²) >= 11 is 0. The maximum atomic E-state index is 12.0. The molecule has 0 aliphatic carbocycles. The lowest BCUT2D eigenvalue weighted by molar-refractivity contribution is -0.132. The van der Waals surface area contributed by atoms with E-state index in [0.717, 1.165) is 32.0 Å². The van der Waals surface area contributed by atoms with Crippen LogP contribution in [-0.4, -0.2) is 48.4 Å². The zero-order valence-electron chi connectivity index (χ0n) is 11.2. The number of piperidine rings is 2. The monoisotopic (exact) mass is 238 g/mol. The fraction of sp³-hybridized carbons (Fsp3) is 0.929. The Hall–Kier alpha value is -0.570. The van der Waals surface area contributed by atoms with E-state index in [0.29, 0.717) is 5.91 Å². The fourth-order valence-corrected chi connectivity index (χ4v) is 3.04. The van der Waals surface area contributed by atoms with Crippen molar-refractivity contribution in [1.29, 1.82) is 0 Å². The number of amides is 1. The standard InChI is InChI=1S/C14H26N2O/c1-13-6-5-8-15(12-13)11-7-14(17)16-9-3-2-4-10-16/h13H,2-12H2,1H3. The lowest BCUT2D eigenvalue weighted by atomic mass is 10.0. The molecule has 17 heavy (non-hydrogen) atoms. The molecule has 0 saturated carbocycles. The average Bonchev–Trinajstić information content (AvgIpc) is 2.37. The number of hydrogen-bond donors (Lipinski definition) is 0. The van der Waals surface area contributed by atoms with Crippen molar-refractivity contribution in [2.24, 2.45) is 5.92 Å². The van der Waals surface area contributed by atoms with Crippen LogP contribution in [0.15, 0.2) is 0 Å². The molecule has 3 heteroatoms. The molecular weight excluding hydrogens is 212 g/mol. The van der Waals surface area contributed by atoms with Gasteiger partial charge in [-0.3, -0.25) is 4.79 Å². The molecule has 2 rings (SSSR count). The highest BCUT2D eigenvalue weighted by atomic mass is 16.2. The predicted octanol–water partition coefficient (Wildman–Crippen LogP) is 2.12. The molecular formula is C14H26N2O. The summed E-state index contributed by atoms with van der Waals surface area (Å²) < 4.78 is 0. The van der Waals surface area contributed by atoms with E-state index in [-0.39, 0.29) is 0 Å². The maximum absolute atomic E-state index is 12.0. The van der Waals surface area contributed by atoms with Crippen molar-refractivity contribution < 1.29 is 4.79 Å². The van der Waals surface area contributed by atoms with Crippen molar-refractivity contribution in [2.75, 3.05) is 32.7 Å². The van der Waals surface area contributed by atoms with Crippen molar-refractivity contribution in [3.63, 3.8) is 0 Å². The van der Waals surface area contributed by atoms with E-state index in [1.165, 1.54) is 45.2 Å². The Morgan fingerprint density at radius 2 is 1.88 bits per heavy atom. The van der Waals surface area contributed by atoms with Gasteiger partial charge in [-0.1, -0.05) is 6.92 Å². The number of likely N-dealkylation sites (tertiary alicyclic amines) is 2. The summed E-state index contributed by atoms with van der Waals surface area (Å²) in [5, 5.41) is 0. The minimum absolute atomic E-state index is 0.378. The molecule has 3 nitrogen and oxygen atoms in total. The van der Waals surface area contributed by atoms with Crippen LogP contribution in [0, 0.1) is 5.92 Å². The average molecular weight is 238 g/mol. The summed E-state index contributed by atoms with van der Waals surface area (Å²) in [6.45, 7) is 7.66. The lowest BCUT2D eigenvalue weighted by Gasteiger charge is -2.32. The van der Waals surface area contributed by atoms with Gasteiger partial charge in [-0.25, -0.2) is 0 Å². The molecule has 0 aromatic rings. The van der Waals surface area contributed by atoms with E-state index in [4.69, 9.17) is 0 Å². The topological polar surface area (TPSA) is 23.6 Å². The van der Waals surface area contributed by atoms with Gasteiger partial charge in [0.25, 0.3) is 0 Å². The molecule has 0 N–H and O–H groups in total. The van der Waals surface area contributed by atoms with E-state index in [9.17, 15) is 4.79 Å². The van der Waals surface area contributed by atoms with Crippen molar-refractivity contribution in [3.8, 4) is 0 Å². The van der Waals surface area contributed by atoms with Gasteiger partial charge in [0, 0.05) is 32.6 Å². The molecule has 1 amide bonds. The van der Waals surface area contributed by atoms with Gasteiger partial charge in [-0.2, -0.15) is 0 Å². The molecule has 0 spiro atoms. The first-order valence-corrected chi connectivity index (χ1v) is 7.26. The summed E-state index contributed by atoms with van der Waals surface area (Å²) in [4.78, 5) is 16.6. The summed E-state index contributed by atoms with van der Waals surface area (Å²) in [6, 6.07) is 0. The first-order valence-electron chi connectivity index (χ1n) is 7.26. The SMILES string of the molecule is CC1CCCN(CCC(=O)N2CCCCC2)C1. The van der Waals surface area contributed by atoms with Crippen LogP contribution in [0.25, 0.3) is 0 Å². The molecule has 2 saturated heterocycles. The Labute approximate surface area is 105 Å². The first-order chi connectivity index (χ1) is 8.25. The zero-order chi connectivity index (χ0) is 12.1. The van der Waals surface area contributed by atoms with Crippen LogP contribution >= 0.6 is 0 Å². The van der Waals surface area contributed by atoms with Gasteiger partial charge in [0.05, 0.1) is 0 Å². The Bertz CT molecular complexity index is 249. The van der Waals surface area contributed by atoms with E-state index < -0.39 is 0 Å². The van der Waals surface area contributed by atoms with Crippen LogP contribution in [0.4, 0.5) is 0 Å².